The van der Waals surface area contributed by atoms with Crippen LogP contribution in [0.25, 0.3) is 0 Å². The lowest BCUT2D eigenvalue weighted by molar-refractivity contribution is -0.127. The number of nitrogens with zero attached hydrogens (tertiary/aromatic N) is 2. The lowest BCUT2D eigenvalue weighted by Gasteiger charge is -2.18. The van der Waals surface area contributed by atoms with Crippen molar-refractivity contribution in [1.82, 2.24) is 9.88 Å². The first kappa shape index (κ1) is 13.8. The SMILES string of the molecule is CCN(CC)C(=O)CSc1ccnc(NC)c1. The Labute approximate surface area is 107 Å². The maximum Gasteiger partial charge on any atom is 0.232 e. The molecule has 0 unspecified atom stereocenters. The molecule has 4 nitrogen and oxygen atoms in total. The third kappa shape index (κ3) is 4.26. The Morgan fingerprint density at radius 1 is 1.47 bits per heavy atom. The summed E-state index contributed by atoms with van der Waals surface area (Å²) in [6.45, 7) is 5.54. The molecule has 0 fully saturated rings. The highest BCUT2D eigenvalue weighted by Crippen LogP contribution is 2.20. The van der Waals surface area contributed by atoms with Gasteiger partial charge in [0.25, 0.3) is 0 Å². The van der Waals surface area contributed by atoms with Crippen LogP contribution in [0.3, 0.4) is 0 Å². The number of nitrogens with one attached hydrogen (secondary N) is 1. The summed E-state index contributed by atoms with van der Waals surface area (Å²) in [5.74, 6) is 1.49. The fourth-order valence-corrected chi connectivity index (χ4v) is 2.28. The molecule has 0 aromatic carbocycles. The van der Waals surface area contributed by atoms with Crippen LogP contribution in [-0.2, 0) is 4.79 Å². The molecule has 0 saturated heterocycles. The van der Waals surface area contributed by atoms with Gasteiger partial charge < -0.3 is 10.2 Å². The Morgan fingerprint density at radius 2 is 2.18 bits per heavy atom. The van der Waals surface area contributed by atoms with E-state index in [0.717, 1.165) is 23.8 Å². The van der Waals surface area contributed by atoms with Gasteiger partial charge >= 0.3 is 0 Å². The number of anilines is 1. The molecule has 5 heteroatoms. The summed E-state index contributed by atoms with van der Waals surface area (Å²) in [7, 11) is 1.83. The number of hydrogen-bond donors (Lipinski definition) is 1. The maximum atomic E-state index is 11.8. The van der Waals surface area contributed by atoms with Gasteiger partial charge in [-0.2, -0.15) is 0 Å². The molecule has 1 aromatic heterocycles. The van der Waals surface area contributed by atoms with Crippen molar-refractivity contribution in [3.05, 3.63) is 18.3 Å². The molecule has 1 aromatic rings. The van der Waals surface area contributed by atoms with Crippen LogP contribution in [0.4, 0.5) is 5.82 Å². The molecule has 1 heterocycles. The van der Waals surface area contributed by atoms with Crippen molar-refractivity contribution < 1.29 is 4.79 Å². The number of carbonyl (C=O) groups excluding carboxylic acids is 1. The largest absolute Gasteiger partial charge is 0.373 e. The molecular formula is C12H19N3OS. The van der Waals surface area contributed by atoms with Crippen LogP contribution in [0.5, 0.6) is 0 Å². The number of carbonyl (C=O) groups is 1. The van der Waals surface area contributed by atoms with Gasteiger partial charge in [0.1, 0.15) is 5.82 Å². The second-order valence-corrected chi connectivity index (χ2v) is 4.53. The lowest BCUT2D eigenvalue weighted by atomic mass is 10.4. The topological polar surface area (TPSA) is 45.2 Å². The fraction of sp³-hybridized carbons (Fsp3) is 0.500. The minimum absolute atomic E-state index is 0.183. The van der Waals surface area contributed by atoms with Crippen molar-refractivity contribution in [2.75, 3.05) is 31.2 Å². The fourth-order valence-electron chi connectivity index (χ4n) is 1.45. The molecule has 0 radical (unpaired) electrons. The Hall–Kier alpha value is -1.23. The van der Waals surface area contributed by atoms with Gasteiger partial charge in [0.2, 0.25) is 5.91 Å². The van der Waals surface area contributed by atoms with E-state index < -0.39 is 0 Å². The van der Waals surface area contributed by atoms with Gasteiger partial charge in [-0.3, -0.25) is 4.79 Å². The molecule has 0 aliphatic rings. The number of rotatable bonds is 6. The molecule has 0 saturated carbocycles. The van der Waals surface area contributed by atoms with E-state index in [1.165, 1.54) is 0 Å². The quantitative estimate of drug-likeness (QED) is 0.788. The van der Waals surface area contributed by atoms with Crippen molar-refractivity contribution >= 4 is 23.5 Å². The molecule has 0 aliphatic heterocycles. The van der Waals surface area contributed by atoms with Crippen LogP contribution < -0.4 is 5.32 Å². The minimum Gasteiger partial charge on any atom is -0.373 e. The molecule has 1 rings (SSSR count). The predicted molar refractivity (Wildman–Crippen MR) is 72.4 cm³/mol. The van der Waals surface area contributed by atoms with Crippen LogP contribution in [0.1, 0.15) is 13.8 Å². The molecule has 1 N–H and O–H groups in total. The number of pyridine rings is 1. The molecule has 0 aliphatic carbocycles. The van der Waals surface area contributed by atoms with Crippen LogP contribution >= 0.6 is 11.8 Å². The van der Waals surface area contributed by atoms with Gasteiger partial charge in [0.05, 0.1) is 5.75 Å². The zero-order valence-electron chi connectivity index (χ0n) is 10.6. The third-order valence-corrected chi connectivity index (χ3v) is 3.44. The standard InChI is InChI=1S/C12H19N3OS/c1-4-15(5-2)12(16)9-17-10-6-7-14-11(8-10)13-3/h6-8H,4-5,9H2,1-3H3,(H,13,14). The Morgan fingerprint density at radius 3 is 2.76 bits per heavy atom. The lowest BCUT2D eigenvalue weighted by Crippen LogP contribution is -2.31. The molecule has 1 amide bonds. The van der Waals surface area contributed by atoms with Crippen molar-refractivity contribution in [3.8, 4) is 0 Å². The van der Waals surface area contributed by atoms with Crippen LogP contribution in [0, 0.1) is 0 Å². The van der Waals surface area contributed by atoms with E-state index in [9.17, 15) is 4.79 Å². The first-order valence-corrected chi connectivity index (χ1v) is 6.74. The maximum absolute atomic E-state index is 11.8. The zero-order valence-corrected chi connectivity index (χ0v) is 11.4. The van der Waals surface area contributed by atoms with Crippen molar-refractivity contribution in [1.29, 1.82) is 0 Å². The normalized spacial score (nSPS) is 10.1. The smallest absolute Gasteiger partial charge is 0.232 e. The summed E-state index contributed by atoms with van der Waals surface area (Å²) in [5, 5.41) is 2.98. The summed E-state index contributed by atoms with van der Waals surface area (Å²) in [6.07, 6.45) is 1.75. The third-order valence-electron chi connectivity index (χ3n) is 2.47. The second-order valence-electron chi connectivity index (χ2n) is 3.48. The highest BCUT2D eigenvalue weighted by Gasteiger charge is 2.09. The molecule has 0 atom stereocenters. The van der Waals surface area contributed by atoms with Crippen LogP contribution in [0.2, 0.25) is 0 Å². The van der Waals surface area contributed by atoms with Gasteiger partial charge in [-0.1, -0.05) is 0 Å². The zero-order chi connectivity index (χ0) is 12.7. The number of thioether (sulfide) groups is 1. The average molecular weight is 253 g/mol. The highest BCUT2D eigenvalue weighted by molar-refractivity contribution is 8.00. The monoisotopic (exact) mass is 253 g/mol. The van der Waals surface area contributed by atoms with Crippen LogP contribution in [0.15, 0.2) is 23.2 Å². The Balaban J connectivity index is 2.52. The number of aromatic nitrogens is 1. The predicted octanol–water partition coefficient (Wildman–Crippen LogP) is 2.08. The van der Waals surface area contributed by atoms with E-state index >= 15 is 0 Å². The summed E-state index contributed by atoms with van der Waals surface area (Å²) in [4.78, 5) is 18.8. The van der Waals surface area contributed by atoms with Crippen molar-refractivity contribution in [2.45, 2.75) is 18.7 Å². The van der Waals surface area contributed by atoms with Gasteiger partial charge in [-0.25, -0.2) is 4.98 Å². The summed E-state index contributed by atoms with van der Waals surface area (Å²) < 4.78 is 0. The van der Waals surface area contributed by atoms with Crippen molar-refractivity contribution in [2.24, 2.45) is 0 Å². The first-order valence-electron chi connectivity index (χ1n) is 5.75. The molecule has 17 heavy (non-hydrogen) atoms. The summed E-state index contributed by atoms with van der Waals surface area (Å²) in [5.41, 5.74) is 0. The van der Waals surface area contributed by atoms with Gasteiger partial charge in [-0.15, -0.1) is 11.8 Å². The van der Waals surface area contributed by atoms with E-state index in [1.54, 1.807) is 18.0 Å². The van der Waals surface area contributed by atoms with E-state index in [2.05, 4.69) is 10.3 Å². The summed E-state index contributed by atoms with van der Waals surface area (Å²) in [6, 6.07) is 3.86. The van der Waals surface area contributed by atoms with E-state index in [-0.39, 0.29) is 5.91 Å². The molecular weight excluding hydrogens is 234 g/mol. The number of amides is 1. The van der Waals surface area contributed by atoms with Gasteiger partial charge in [0, 0.05) is 31.2 Å². The number of hydrogen-bond acceptors (Lipinski definition) is 4. The minimum atomic E-state index is 0.183. The van der Waals surface area contributed by atoms with Crippen LogP contribution in [-0.4, -0.2) is 41.7 Å². The Kier molecular flexibility index (Phi) is 5.83. The Bertz CT molecular complexity index is 367. The van der Waals surface area contributed by atoms with Crippen molar-refractivity contribution in [3.63, 3.8) is 0 Å². The molecule has 94 valence electrons. The van der Waals surface area contributed by atoms with Gasteiger partial charge in [0.15, 0.2) is 0 Å². The molecule has 0 bridgehead atoms. The highest BCUT2D eigenvalue weighted by atomic mass is 32.2. The van der Waals surface area contributed by atoms with E-state index in [0.29, 0.717) is 5.75 Å². The summed E-state index contributed by atoms with van der Waals surface area (Å²) >= 11 is 1.55. The average Bonchev–Trinajstić information content (AvgIpc) is 2.38. The van der Waals surface area contributed by atoms with E-state index in [4.69, 9.17) is 0 Å². The molecule has 0 spiro atoms. The first-order chi connectivity index (χ1) is 8.21. The van der Waals surface area contributed by atoms with E-state index in [1.807, 2.05) is 37.9 Å². The second kappa shape index (κ2) is 7.17. The van der Waals surface area contributed by atoms with Gasteiger partial charge in [-0.05, 0) is 26.0 Å².